The van der Waals surface area contributed by atoms with Crippen LogP contribution in [0.1, 0.15) is 31.3 Å². The first-order chi connectivity index (χ1) is 15.1. The summed E-state index contributed by atoms with van der Waals surface area (Å²) in [6.45, 7) is 4.07. The number of halogens is 1. The molecule has 0 saturated carbocycles. The van der Waals surface area contributed by atoms with Crippen LogP contribution in [0.3, 0.4) is 0 Å². The highest BCUT2D eigenvalue weighted by atomic mass is 32.2. The smallest absolute Gasteiger partial charge is 0.243 e. The molecule has 0 radical (unpaired) electrons. The van der Waals surface area contributed by atoms with Crippen molar-refractivity contribution in [1.82, 2.24) is 18.6 Å². The van der Waals surface area contributed by atoms with Gasteiger partial charge in [-0.25, -0.2) is 26.2 Å². The lowest BCUT2D eigenvalue weighted by molar-refractivity contribution is 0.445. The first-order valence-corrected chi connectivity index (χ1v) is 12.9. The summed E-state index contributed by atoms with van der Waals surface area (Å²) >= 11 is 0. The van der Waals surface area contributed by atoms with E-state index in [0.717, 1.165) is 0 Å². The lowest BCUT2D eigenvalue weighted by Gasteiger charge is -2.20. The quantitative estimate of drug-likeness (QED) is 0.507. The van der Waals surface area contributed by atoms with Gasteiger partial charge in [0, 0.05) is 32.5 Å². The van der Waals surface area contributed by atoms with Crippen molar-refractivity contribution in [1.29, 1.82) is 0 Å². The molecule has 0 amide bonds. The lowest BCUT2D eigenvalue weighted by atomic mass is 10.1. The number of hydrogen-bond donors (Lipinski definition) is 1. The zero-order chi connectivity index (χ0) is 23.5. The molecule has 2 aromatic carbocycles. The third-order valence-corrected chi connectivity index (χ3v) is 8.55. The summed E-state index contributed by atoms with van der Waals surface area (Å²) in [5.74, 6) is -0.133. The zero-order valence-corrected chi connectivity index (χ0v) is 19.6. The molecule has 0 aliphatic heterocycles. The Kier molecular flexibility index (Phi) is 7.13. The molecule has 3 aromatic rings. The fraction of sp³-hybridized carbons (Fsp3) is 0.286. The second-order valence-corrected chi connectivity index (χ2v) is 10.7. The Morgan fingerprint density at radius 2 is 1.66 bits per heavy atom. The van der Waals surface area contributed by atoms with Crippen molar-refractivity contribution in [2.75, 3.05) is 13.1 Å². The fourth-order valence-electron chi connectivity index (χ4n) is 3.34. The SMILES string of the molecule is CCN(CC)S(=O)(=O)c1ccc(S(=O)(=O)NC(c2cccc(F)c2)c2nccn2C)cc1. The topological polar surface area (TPSA) is 101 Å². The molecule has 8 nitrogen and oxygen atoms in total. The van der Waals surface area contributed by atoms with E-state index < -0.39 is 31.9 Å². The number of sulfonamides is 2. The van der Waals surface area contributed by atoms with Gasteiger partial charge in [0.25, 0.3) is 0 Å². The van der Waals surface area contributed by atoms with E-state index in [9.17, 15) is 21.2 Å². The van der Waals surface area contributed by atoms with Crippen LogP contribution in [0.25, 0.3) is 0 Å². The minimum atomic E-state index is -4.09. The van der Waals surface area contributed by atoms with Crippen LogP contribution < -0.4 is 4.72 Å². The summed E-state index contributed by atoms with van der Waals surface area (Å²) in [6, 6.07) is 9.64. The zero-order valence-electron chi connectivity index (χ0n) is 17.9. The molecular weight excluding hydrogens is 455 g/mol. The maximum absolute atomic E-state index is 13.8. The molecule has 1 atom stereocenters. The Bertz CT molecular complexity index is 1290. The van der Waals surface area contributed by atoms with Crippen LogP contribution in [0.4, 0.5) is 4.39 Å². The van der Waals surface area contributed by atoms with Gasteiger partial charge in [-0.1, -0.05) is 26.0 Å². The number of aryl methyl sites for hydroxylation is 1. The Balaban J connectivity index is 1.96. The first kappa shape index (κ1) is 24.1. The number of nitrogens with one attached hydrogen (secondary N) is 1. The molecular formula is C21H25FN4O4S2. The molecule has 0 bridgehead atoms. The third kappa shape index (κ3) is 4.90. The van der Waals surface area contributed by atoms with Gasteiger partial charge >= 0.3 is 0 Å². The van der Waals surface area contributed by atoms with Crippen molar-refractivity contribution in [2.24, 2.45) is 7.05 Å². The second-order valence-electron chi connectivity index (χ2n) is 7.07. The van der Waals surface area contributed by atoms with Crippen molar-refractivity contribution in [3.8, 4) is 0 Å². The number of benzene rings is 2. The molecule has 0 aliphatic rings. The van der Waals surface area contributed by atoms with Crippen LogP contribution in [-0.4, -0.2) is 43.8 Å². The van der Waals surface area contributed by atoms with Crippen LogP contribution >= 0.6 is 0 Å². The van der Waals surface area contributed by atoms with E-state index in [1.807, 2.05) is 0 Å². The van der Waals surface area contributed by atoms with Crippen LogP contribution in [0.5, 0.6) is 0 Å². The van der Waals surface area contributed by atoms with Gasteiger partial charge in [0.2, 0.25) is 20.0 Å². The van der Waals surface area contributed by atoms with Crippen LogP contribution in [0.2, 0.25) is 0 Å². The lowest BCUT2D eigenvalue weighted by Crippen LogP contribution is -2.32. The van der Waals surface area contributed by atoms with E-state index >= 15 is 0 Å². The average Bonchev–Trinajstić information content (AvgIpc) is 3.18. The van der Waals surface area contributed by atoms with Crippen LogP contribution in [0.15, 0.2) is 70.7 Å². The third-order valence-electron chi connectivity index (χ3n) is 5.05. The van der Waals surface area contributed by atoms with Crippen molar-refractivity contribution in [3.05, 3.63) is 78.1 Å². The van der Waals surface area contributed by atoms with Gasteiger partial charge in [0.1, 0.15) is 17.7 Å². The van der Waals surface area contributed by atoms with E-state index in [4.69, 9.17) is 0 Å². The Morgan fingerprint density at radius 3 is 2.19 bits per heavy atom. The number of rotatable bonds is 9. The normalized spacial score (nSPS) is 13.4. The number of aromatic nitrogens is 2. The van der Waals surface area contributed by atoms with E-state index in [1.54, 1.807) is 37.7 Å². The highest BCUT2D eigenvalue weighted by Crippen LogP contribution is 2.25. The van der Waals surface area contributed by atoms with E-state index in [2.05, 4.69) is 9.71 Å². The Hall–Kier alpha value is -2.60. The van der Waals surface area contributed by atoms with Crippen molar-refractivity contribution in [3.63, 3.8) is 0 Å². The monoisotopic (exact) mass is 480 g/mol. The summed E-state index contributed by atoms with van der Waals surface area (Å²) in [6.07, 6.45) is 3.17. The van der Waals surface area contributed by atoms with Gasteiger partial charge in [0.05, 0.1) is 9.79 Å². The minimum Gasteiger partial charge on any atom is -0.336 e. The van der Waals surface area contributed by atoms with Crippen molar-refractivity contribution >= 4 is 20.0 Å². The molecule has 0 fully saturated rings. The molecule has 11 heteroatoms. The largest absolute Gasteiger partial charge is 0.336 e. The maximum atomic E-state index is 13.8. The van der Waals surface area contributed by atoms with Crippen molar-refractivity contribution < 1.29 is 21.2 Å². The maximum Gasteiger partial charge on any atom is 0.243 e. The van der Waals surface area contributed by atoms with E-state index in [1.165, 1.54) is 53.0 Å². The predicted molar refractivity (Wildman–Crippen MR) is 118 cm³/mol. The highest BCUT2D eigenvalue weighted by molar-refractivity contribution is 7.89. The predicted octanol–water partition coefficient (Wildman–Crippen LogP) is 2.66. The fourth-order valence-corrected chi connectivity index (χ4v) is 5.98. The van der Waals surface area contributed by atoms with Crippen LogP contribution in [-0.2, 0) is 27.1 Å². The van der Waals surface area contributed by atoms with E-state index in [0.29, 0.717) is 24.5 Å². The highest BCUT2D eigenvalue weighted by Gasteiger charge is 2.27. The molecule has 0 aliphatic carbocycles. The van der Waals surface area contributed by atoms with Gasteiger partial charge in [0.15, 0.2) is 0 Å². The molecule has 1 heterocycles. The first-order valence-electron chi connectivity index (χ1n) is 9.95. The summed E-state index contributed by atoms with van der Waals surface area (Å²) < 4.78 is 70.9. The number of hydrogen-bond acceptors (Lipinski definition) is 5. The van der Waals surface area contributed by atoms with Crippen molar-refractivity contribution in [2.45, 2.75) is 29.7 Å². The molecule has 32 heavy (non-hydrogen) atoms. The molecule has 172 valence electrons. The molecule has 0 spiro atoms. The number of imidazole rings is 1. The summed E-state index contributed by atoms with van der Waals surface area (Å²) in [5, 5.41) is 0. The van der Waals surface area contributed by atoms with Gasteiger partial charge < -0.3 is 4.57 Å². The number of nitrogens with zero attached hydrogens (tertiary/aromatic N) is 3. The average molecular weight is 481 g/mol. The van der Waals surface area contributed by atoms with Gasteiger partial charge in [-0.2, -0.15) is 9.03 Å². The van der Waals surface area contributed by atoms with Gasteiger partial charge in [-0.15, -0.1) is 0 Å². The van der Waals surface area contributed by atoms with E-state index in [-0.39, 0.29) is 9.79 Å². The second kappa shape index (κ2) is 9.49. The summed E-state index contributed by atoms with van der Waals surface area (Å²) in [4.78, 5) is 4.10. The van der Waals surface area contributed by atoms with Gasteiger partial charge in [-0.3, -0.25) is 0 Å². The minimum absolute atomic E-state index is 0.00549. The molecule has 1 unspecified atom stereocenters. The summed E-state index contributed by atoms with van der Waals surface area (Å²) in [7, 11) is -6.10. The Morgan fingerprint density at radius 1 is 1.03 bits per heavy atom. The molecule has 1 N–H and O–H groups in total. The van der Waals surface area contributed by atoms with Crippen LogP contribution in [0, 0.1) is 5.82 Å². The van der Waals surface area contributed by atoms with Gasteiger partial charge in [-0.05, 0) is 42.0 Å². The molecule has 3 rings (SSSR count). The standard InChI is InChI=1S/C21H25FN4O4S2/c1-4-26(5-2)32(29,30)19-11-9-18(10-12-19)31(27,28)24-20(21-23-13-14-25(21)3)16-7-6-8-17(22)15-16/h6-15,20,24H,4-5H2,1-3H3. The summed E-state index contributed by atoms with van der Waals surface area (Å²) in [5.41, 5.74) is 0.378. The Labute approximate surface area is 187 Å². The molecule has 1 aromatic heterocycles. The molecule has 0 saturated heterocycles.